The maximum absolute atomic E-state index is 12.1. The Kier molecular flexibility index (Phi) is 4.52. The van der Waals surface area contributed by atoms with Crippen LogP contribution in [-0.4, -0.2) is 28.9 Å². The van der Waals surface area contributed by atoms with E-state index >= 15 is 0 Å². The van der Waals surface area contributed by atoms with E-state index in [0.29, 0.717) is 5.69 Å². The number of amides is 2. The lowest BCUT2D eigenvalue weighted by atomic mass is 10.1. The summed E-state index contributed by atoms with van der Waals surface area (Å²) in [5.41, 5.74) is 5.33. The number of aliphatic carboxylic acids is 1. The fourth-order valence-electron chi connectivity index (χ4n) is 3.07. The van der Waals surface area contributed by atoms with Crippen LogP contribution in [0.5, 0.6) is 0 Å². The molecule has 0 spiro atoms. The van der Waals surface area contributed by atoms with Gasteiger partial charge < -0.3 is 15.7 Å². The van der Waals surface area contributed by atoms with Crippen LogP contribution in [0.15, 0.2) is 42.5 Å². The smallest absolute Gasteiger partial charge is 0.326 e. The molecular formula is C19H18N2O4. The van der Waals surface area contributed by atoms with E-state index in [2.05, 4.69) is 22.8 Å². The first kappa shape index (κ1) is 16.7. The minimum atomic E-state index is -1.24. The van der Waals surface area contributed by atoms with Crippen LogP contribution in [-0.2, 0) is 20.8 Å². The predicted octanol–water partition coefficient (Wildman–Crippen LogP) is 2.18. The Bertz CT molecular complexity index is 860. The van der Waals surface area contributed by atoms with E-state index in [1.807, 2.05) is 24.3 Å². The van der Waals surface area contributed by atoms with Gasteiger partial charge in [-0.05, 0) is 40.8 Å². The first-order valence-electron chi connectivity index (χ1n) is 7.95. The zero-order chi connectivity index (χ0) is 18.0. The molecule has 1 atom stereocenters. The van der Waals surface area contributed by atoms with Crippen molar-refractivity contribution in [2.45, 2.75) is 25.8 Å². The fourth-order valence-corrected chi connectivity index (χ4v) is 3.07. The van der Waals surface area contributed by atoms with Gasteiger partial charge >= 0.3 is 5.97 Å². The second kappa shape index (κ2) is 6.76. The predicted molar refractivity (Wildman–Crippen MR) is 93.2 cm³/mol. The molecule has 25 heavy (non-hydrogen) atoms. The van der Waals surface area contributed by atoms with E-state index in [1.165, 1.54) is 18.1 Å². The molecule has 6 nitrogen and oxygen atoms in total. The molecule has 0 saturated carbocycles. The van der Waals surface area contributed by atoms with Gasteiger partial charge in [0.2, 0.25) is 11.8 Å². The average molecular weight is 338 g/mol. The summed E-state index contributed by atoms with van der Waals surface area (Å²) in [5, 5.41) is 14.0. The zero-order valence-corrected chi connectivity index (χ0v) is 13.7. The Labute approximate surface area is 144 Å². The largest absolute Gasteiger partial charge is 0.480 e. The lowest BCUT2D eigenvalue weighted by Crippen LogP contribution is -2.42. The molecule has 1 aliphatic rings. The number of carbonyl (C=O) groups excluding carboxylic acids is 2. The van der Waals surface area contributed by atoms with Crippen LogP contribution >= 0.6 is 0 Å². The molecule has 0 bridgehead atoms. The molecule has 2 aromatic rings. The molecule has 0 heterocycles. The summed E-state index contributed by atoms with van der Waals surface area (Å²) in [6.45, 7) is 1.21. The third kappa shape index (κ3) is 3.68. The fraction of sp³-hybridized carbons (Fsp3) is 0.211. The highest BCUT2D eigenvalue weighted by Gasteiger charge is 2.23. The van der Waals surface area contributed by atoms with Crippen molar-refractivity contribution in [2.24, 2.45) is 0 Å². The number of fused-ring (bicyclic) bond motifs is 3. The summed E-state index contributed by atoms with van der Waals surface area (Å²) in [6.07, 6.45) is 0.477. The molecule has 0 aliphatic heterocycles. The van der Waals surface area contributed by atoms with E-state index in [0.717, 1.165) is 17.5 Å². The summed E-state index contributed by atoms with van der Waals surface area (Å²) in [7, 11) is 0. The Balaban J connectivity index is 1.70. The van der Waals surface area contributed by atoms with E-state index in [-0.39, 0.29) is 6.42 Å². The molecule has 0 aromatic heterocycles. The monoisotopic (exact) mass is 338 g/mol. The molecule has 128 valence electrons. The normalized spacial score (nSPS) is 12.7. The number of anilines is 1. The molecule has 0 radical (unpaired) electrons. The molecule has 3 N–H and O–H groups in total. The number of hydrogen-bond donors (Lipinski definition) is 3. The number of carboxylic acids is 1. The van der Waals surface area contributed by atoms with Crippen molar-refractivity contribution < 1.29 is 19.5 Å². The van der Waals surface area contributed by atoms with Gasteiger partial charge in [-0.1, -0.05) is 30.3 Å². The number of hydrogen-bond acceptors (Lipinski definition) is 3. The third-order valence-electron chi connectivity index (χ3n) is 4.14. The zero-order valence-electron chi connectivity index (χ0n) is 13.7. The minimum Gasteiger partial charge on any atom is -0.480 e. The van der Waals surface area contributed by atoms with Crippen LogP contribution in [0.25, 0.3) is 11.1 Å². The van der Waals surface area contributed by atoms with Crippen molar-refractivity contribution in [3.05, 3.63) is 53.6 Å². The van der Waals surface area contributed by atoms with Crippen LogP contribution in [0, 0.1) is 0 Å². The highest BCUT2D eigenvalue weighted by molar-refractivity contribution is 5.95. The maximum Gasteiger partial charge on any atom is 0.326 e. The van der Waals surface area contributed by atoms with Crippen molar-refractivity contribution in [2.75, 3.05) is 5.32 Å². The van der Waals surface area contributed by atoms with Gasteiger partial charge in [0.1, 0.15) is 6.04 Å². The molecule has 2 amide bonds. The highest BCUT2D eigenvalue weighted by atomic mass is 16.4. The topological polar surface area (TPSA) is 95.5 Å². The lowest BCUT2D eigenvalue weighted by Gasteiger charge is -2.13. The van der Waals surface area contributed by atoms with Gasteiger partial charge in [0, 0.05) is 12.6 Å². The molecule has 3 rings (SSSR count). The lowest BCUT2D eigenvalue weighted by molar-refractivity contribution is -0.142. The van der Waals surface area contributed by atoms with Crippen molar-refractivity contribution in [3.8, 4) is 11.1 Å². The van der Waals surface area contributed by atoms with Gasteiger partial charge in [0.05, 0.1) is 6.42 Å². The van der Waals surface area contributed by atoms with Crippen LogP contribution in [0.3, 0.4) is 0 Å². The Morgan fingerprint density at radius 2 is 1.80 bits per heavy atom. The quantitative estimate of drug-likeness (QED) is 0.664. The van der Waals surface area contributed by atoms with Gasteiger partial charge in [0.25, 0.3) is 0 Å². The number of nitrogens with one attached hydrogen (secondary N) is 2. The highest BCUT2D eigenvalue weighted by Crippen LogP contribution is 2.37. The van der Waals surface area contributed by atoms with Crippen LogP contribution < -0.4 is 10.6 Å². The number of rotatable bonds is 5. The molecule has 0 fully saturated rings. The van der Waals surface area contributed by atoms with E-state index < -0.39 is 23.8 Å². The van der Waals surface area contributed by atoms with Crippen molar-refractivity contribution in [1.82, 2.24) is 5.32 Å². The number of benzene rings is 2. The second-order valence-corrected chi connectivity index (χ2v) is 6.05. The van der Waals surface area contributed by atoms with Gasteiger partial charge in [-0.3, -0.25) is 9.59 Å². The SMILES string of the molecule is CC(=O)N[C@H](CC(=O)Nc1ccc2c(c1)Cc1ccccc1-2)C(=O)O. The molecular weight excluding hydrogens is 320 g/mol. The Morgan fingerprint density at radius 1 is 1.08 bits per heavy atom. The molecule has 0 unspecified atom stereocenters. The summed E-state index contributed by atoms with van der Waals surface area (Å²) >= 11 is 0. The summed E-state index contributed by atoms with van der Waals surface area (Å²) in [4.78, 5) is 34.2. The standard InChI is InChI=1S/C19H18N2O4/c1-11(22)20-17(19(24)25)10-18(23)21-14-6-7-16-13(9-14)8-12-4-2-3-5-15(12)16/h2-7,9,17H,8,10H2,1H3,(H,20,22)(H,21,23)(H,24,25)/t17-/m1/s1. The van der Waals surface area contributed by atoms with Gasteiger partial charge in [-0.25, -0.2) is 4.79 Å². The molecule has 0 saturated heterocycles. The van der Waals surface area contributed by atoms with E-state index in [9.17, 15) is 14.4 Å². The minimum absolute atomic E-state index is 0.327. The van der Waals surface area contributed by atoms with Crippen LogP contribution in [0.1, 0.15) is 24.5 Å². The summed E-state index contributed by atoms with van der Waals surface area (Å²) in [6, 6.07) is 12.6. The van der Waals surface area contributed by atoms with Crippen molar-refractivity contribution in [1.29, 1.82) is 0 Å². The molecule has 1 aliphatic carbocycles. The van der Waals surface area contributed by atoms with Gasteiger partial charge in [0.15, 0.2) is 0 Å². The van der Waals surface area contributed by atoms with Crippen molar-refractivity contribution in [3.63, 3.8) is 0 Å². The van der Waals surface area contributed by atoms with Crippen LogP contribution in [0.4, 0.5) is 5.69 Å². The van der Waals surface area contributed by atoms with E-state index in [4.69, 9.17) is 5.11 Å². The number of carboxylic acid groups (broad SMARTS) is 1. The summed E-state index contributed by atoms with van der Waals surface area (Å²) < 4.78 is 0. The first-order valence-corrected chi connectivity index (χ1v) is 7.95. The number of carbonyl (C=O) groups is 3. The maximum atomic E-state index is 12.1. The molecule has 2 aromatic carbocycles. The van der Waals surface area contributed by atoms with Gasteiger partial charge in [-0.15, -0.1) is 0 Å². The van der Waals surface area contributed by atoms with Gasteiger partial charge in [-0.2, -0.15) is 0 Å². The molecule has 6 heteroatoms. The van der Waals surface area contributed by atoms with Crippen LogP contribution in [0.2, 0.25) is 0 Å². The Morgan fingerprint density at radius 3 is 2.52 bits per heavy atom. The third-order valence-corrected chi connectivity index (χ3v) is 4.14. The Hall–Kier alpha value is -3.15. The first-order chi connectivity index (χ1) is 11.9. The average Bonchev–Trinajstić information content (AvgIpc) is 2.91. The summed E-state index contributed by atoms with van der Waals surface area (Å²) in [5.74, 6) is -2.19. The van der Waals surface area contributed by atoms with E-state index in [1.54, 1.807) is 6.07 Å². The second-order valence-electron chi connectivity index (χ2n) is 6.05. The van der Waals surface area contributed by atoms with Crippen molar-refractivity contribution >= 4 is 23.5 Å².